The van der Waals surface area contributed by atoms with Crippen LogP contribution in [0.3, 0.4) is 0 Å². The van der Waals surface area contributed by atoms with Gasteiger partial charge in [-0.1, -0.05) is 12.1 Å². The summed E-state index contributed by atoms with van der Waals surface area (Å²) in [6.07, 6.45) is 2.61. The normalized spacial score (nSPS) is 19.2. The third-order valence-corrected chi connectivity index (χ3v) is 4.10. The van der Waals surface area contributed by atoms with Crippen LogP contribution >= 0.6 is 22.6 Å². The number of carbonyl (C=O) groups excluding carboxylic acids is 1. The Morgan fingerprint density at radius 3 is 2.58 bits per heavy atom. The summed E-state index contributed by atoms with van der Waals surface area (Å²) in [5, 5.41) is 9.17. The lowest BCUT2D eigenvalue weighted by atomic mass is 10.0. The van der Waals surface area contributed by atoms with Gasteiger partial charge in [-0.25, -0.2) is 4.79 Å². The zero-order valence-corrected chi connectivity index (χ0v) is 12.7. The number of piperidine rings is 1. The fraction of sp³-hybridized carbons (Fsp3) is 0.429. The Balaban J connectivity index is 2.05. The summed E-state index contributed by atoms with van der Waals surface area (Å²) in [4.78, 5) is 24.9. The number of halogens is 1. The quantitative estimate of drug-likeness (QED) is 0.828. The Morgan fingerprint density at radius 1 is 1.26 bits per heavy atom. The summed E-state index contributed by atoms with van der Waals surface area (Å²) in [5.41, 5.74) is 0.931. The van der Waals surface area contributed by atoms with Gasteiger partial charge in [-0.15, -0.1) is 0 Å². The van der Waals surface area contributed by atoms with Crippen molar-refractivity contribution in [1.29, 1.82) is 0 Å². The average molecular weight is 373 g/mol. The van der Waals surface area contributed by atoms with Gasteiger partial charge in [0, 0.05) is 10.1 Å². The second-order valence-electron chi connectivity index (χ2n) is 4.74. The molecule has 1 aliphatic rings. The van der Waals surface area contributed by atoms with Crippen molar-refractivity contribution in [2.24, 2.45) is 0 Å². The highest BCUT2D eigenvalue weighted by molar-refractivity contribution is 14.1. The fourth-order valence-corrected chi connectivity index (χ4v) is 2.72. The van der Waals surface area contributed by atoms with Gasteiger partial charge >= 0.3 is 5.97 Å². The number of benzene rings is 1. The zero-order chi connectivity index (χ0) is 13.8. The number of likely N-dealkylation sites (tertiary alicyclic amines) is 1. The van der Waals surface area contributed by atoms with E-state index in [-0.39, 0.29) is 12.3 Å². The van der Waals surface area contributed by atoms with Gasteiger partial charge in [0.1, 0.15) is 6.04 Å². The molecular weight excluding hydrogens is 357 g/mol. The van der Waals surface area contributed by atoms with Crippen molar-refractivity contribution in [3.05, 3.63) is 33.4 Å². The summed E-state index contributed by atoms with van der Waals surface area (Å²) in [5.74, 6) is -0.982. The molecule has 5 heteroatoms. The highest BCUT2D eigenvalue weighted by Gasteiger charge is 2.31. The molecule has 102 valence electrons. The first-order valence-corrected chi connectivity index (χ1v) is 7.42. The Labute approximate surface area is 125 Å². The maximum Gasteiger partial charge on any atom is 0.326 e. The molecule has 0 bridgehead atoms. The van der Waals surface area contributed by atoms with Crippen LogP contribution in [0.2, 0.25) is 0 Å². The molecule has 1 saturated heterocycles. The van der Waals surface area contributed by atoms with E-state index in [2.05, 4.69) is 22.6 Å². The predicted octanol–water partition coefficient (Wildman–Crippen LogP) is 2.30. The van der Waals surface area contributed by atoms with Gasteiger partial charge in [0.05, 0.1) is 6.42 Å². The van der Waals surface area contributed by atoms with E-state index in [9.17, 15) is 9.59 Å². The topological polar surface area (TPSA) is 57.6 Å². The van der Waals surface area contributed by atoms with E-state index in [1.54, 1.807) is 0 Å². The minimum absolute atomic E-state index is 0.0895. The Kier molecular flexibility index (Phi) is 4.79. The molecule has 0 spiro atoms. The Bertz CT molecular complexity index is 472. The first-order valence-electron chi connectivity index (χ1n) is 6.34. The molecule has 1 aliphatic heterocycles. The van der Waals surface area contributed by atoms with Crippen LogP contribution in [0.15, 0.2) is 24.3 Å². The van der Waals surface area contributed by atoms with Gasteiger partial charge in [0.2, 0.25) is 5.91 Å². The molecule has 1 amide bonds. The van der Waals surface area contributed by atoms with E-state index in [0.717, 1.165) is 22.0 Å². The molecule has 4 nitrogen and oxygen atoms in total. The van der Waals surface area contributed by atoms with E-state index >= 15 is 0 Å². The van der Waals surface area contributed by atoms with Crippen molar-refractivity contribution >= 4 is 34.5 Å². The lowest BCUT2D eigenvalue weighted by Crippen LogP contribution is -2.48. The fourth-order valence-electron chi connectivity index (χ4n) is 2.37. The van der Waals surface area contributed by atoms with E-state index in [0.29, 0.717) is 13.0 Å². The predicted molar refractivity (Wildman–Crippen MR) is 79.9 cm³/mol. The van der Waals surface area contributed by atoms with E-state index in [1.807, 2.05) is 24.3 Å². The third kappa shape index (κ3) is 3.68. The van der Waals surface area contributed by atoms with E-state index in [1.165, 1.54) is 4.90 Å². The molecule has 0 saturated carbocycles. The number of carboxylic acid groups (broad SMARTS) is 1. The van der Waals surface area contributed by atoms with Gasteiger partial charge in [0.15, 0.2) is 0 Å². The van der Waals surface area contributed by atoms with Crippen molar-refractivity contribution < 1.29 is 14.7 Å². The zero-order valence-electron chi connectivity index (χ0n) is 10.5. The Morgan fingerprint density at radius 2 is 1.95 bits per heavy atom. The van der Waals surface area contributed by atoms with Crippen LogP contribution in [0, 0.1) is 3.57 Å². The van der Waals surface area contributed by atoms with Crippen LogP contribution in [0.5, 0.6) is 0 Å². The van der Waals surface area contributed by atoms with Gasteiger partial charge in [0.25, 0.3) is 0 Å². The van der Waals surface area contributed by atoms with Crippen molar-refractivity contribution in [3.63, 3.8) is 0 Å². The minimum atomic E-state index is -0.893. The van der Waals surface area contributed by atoms with Crippen LogP contribution < -0.4 is 0 Å². The highest BCUT2D eigenvalue weighted by Crippen LogP contribution is 2.19. The number of rotatable bonds is 3. The number of carboxylic acids is 1. The van der Waals surface area contributed by atoms with Crippen molar-refractivity contribution in [2.75, 3.05) is 6.54 Å². The van der Waals surface area contributed by atoms with Crippen LogP contribution in [0.1, 0.15) is 24.8 Å². The molecule has 1 fully saturated rings. The minimum Gasteiger partial charge on any atom is -0.480 e. The average Bonchev–Trinajstić information content (AvgIpc) is 2.41. The second kappa shape index (κ2) is 6.36. The third-order valence-electron chi connectivity index (χ3n) is 3.38. The summed E-state index contributed by atoms with van der Waals surface area (Å²) < 4.78 is 1.12. The summed E-state index contributed by atoms with van der Waals surface area (Å²) in [6, 6.07) is 7.09. The smallest absolute Gasteiger partial charge is 0.326 e. The van der Waals surface area contributed by atoms with Crippen LogP contribution in [-0.4, -0.2) is 34.5 Å². The number of hydrogen-bond acceptors (Lipinski definition) is 2. The molecule has 1 N–H and O–H groups in total. The first-order chi connectivity index (χ1) is 9.08. The summed E-state index contributed by atoms with van der Waals surface area (Å²) in [6.45, 7) is 0.556. The Hall–Kier alpha value is -1.11. The van der Waals surface area contributed by atoms with E-state index < -0.39 is 12.0 Å². The van der Waals surface area contributed by atoms with Crippen molar-refractivity contribution in [3.8, 4) is 0 Å². The highest BCUT2D eigenvalue weighted by atomic mass is 127. The number of hydrogen-bond donors (Lipinski definition) is 1. The SMILES string of the molecule is O=C(O)C1CCCCN1C(=O)Cc1ccc(I)cc1. The molecular formula is C14H16INO3. The first kappa shape index (κ1) is 14.3. The summed E-state index contributed by atoms with van der Waals surface area (Å²) >= 11 is 2.21. The lowest BCUT2D eigenvalue weighted by Gasteiger charge is -2.33. The molecule has 1 unspecified atom stereocenters. The van der Waals surface area contributed by atoms with Gasteiger partial charge in [-0.05, 0) is 59.5 Å². The van der Waals surface area contributed by atoms with Crippen LogP contribution in [0.4, 0.5) is 0 Å². The largest absolute Gasteiger partial charge is 0.480 e. The van der Waals surface area contributed by atoms with Gasteiger partial charge in [-0.3, -0.25) is 4.79 Å². The molecule has 0 aliphatic carbocycles. The maximum absolute atomic E-state index is 12.2. The monoisotopic (exact) mass is 373 g/mol. The molecule has 1 atom stereocenters. The molecule has 1 aromatic carbocycles. The van der Waals surface area contributed by atoms with Gasteiger partial charge in [-0.2, -0.15) is 0 Å². The lowest BCUT2D eigenvalue weighted by molar-refractivity contribution is -0.151. The van der Waals surface area contributed by atoms with Crippen molar-refractivity contribution in [1.82, 2.24) is 4.90 Å². The number of amides is 1. The molecule has 1 aromatic rings. The number of carbonyl (C=O) groups is 2. The van der Waals surface area contributed by atoms with Crippen molar-refractivity contribution in [2.45, 2.75) is 31.7 Å². The molecule has 19 heavy (non-hydrogen) atoms. The molecule has 1 heterocycles. The number of aliphatic carboxylic acids is 1. The molecule has 2 rings (SSSR count). The van der Waals surface area contributed by atoms with Crippen LogP contribution in [-0.2, 0) is 16.0 Å². The molecule has 0 aromatic heterocycles. The maximum atomic E-state index is 12.2. The molecule has 0 radical (unpaired) electrons. The van der Waals surface area contributed by atoms with Crippen LogP contribution in [0.25, 0.3) is 0 Å². The standard InChI is InChI=1S/C14H16INO3/c15-11-6-4-10(5-7-11)9-13(17)16-8-2-1-3-12(16)14(18)19/h4-7,12H,1-3,8-9H2,(H,18,19). The van der Waals surface area contributed by atoms with E-state index in [4.69, 9.17) is 5.11 Å². The second-order valence-corrected chi connectivity index (χ2v) is 5.99. The summed E-state index contributed by atoms with van der Waals surface area (Å²) in [7, 11) is 0. The van der Waals surface area contributed by atoms with Gasteiger partial charge < -0.3 is 10.0 Å². The number of nitrogens with zero attached hydrogens (tertiary/aromatic N) is 1.